The van der Waals surface area contributed by atoms with Gasteiger partial charge in [-0.3, -0.25) is 19.4 Å². The van der Waals surface area contributed by atoms with Crippen LogP contribution >= 0.6 is 11.3 Å². The van der Waals surface area contributed by atoms with Crippen molar-refractivity contribution in [2.45, 2.75) is 13.8 Å². The summed E-state index contributed by atoms with van der Waals surface area (Å²) in [4.78, 5) is 53.9. The van der Waals surface area contributed by atoms with Gasteiger partial charge in [-0.2, -0.15) is 0 Å². The van der Waals surface area contributed by atoms with Crippen LogP contribution in [-0.4, -0.2) is 50.2 Å². The number of rotatable bonds is 6. The molecule has 2 atom stereocenters. The van der Waals surface area contributed by atoms with Gasteiger partial charge in [0.2, 0.25) is 5.78 Å². The molecule has 1 aliphatic rings. The quantitative estimate of drug-likeness (QED) is 0.412. The van der Waals surface area contributed by atoms with E-state index in [4.69, 9.17) is 14.2 Å². The maximum absolute atomic E-state index is 12.7. The number of carbonyl (C=O) groups excluding carboxylic acids is 4. The van der Waals surface area contributed by atoms with Crippen molar-refractivity contribution in [1.82, 2.24) is 0 Å². The van der Waals surface area contributed by atoms with Gasteiger partial charge in [-0.05, 0) is 25.3 Å². The SMILES string of the molecule is COC(=O)C1=C(C)N=C(C)C(C(=O)OC)[C@H]1C(=O)OCC(=O)c1cccs1. The standard InChI is InChI=1S/C18H19NO7S/c1-9-13(16(21)24-3)15(14(10(2)19-9)17(22)25-4)18(23)26-8-11(20)12-6-5-7-27-12/h5-7,13,15H,8H2,1-4H3/t13?,15-/m1/s1. The Labute approximate surface area is 159 Å². The number of methoxy groups -OCH3 is 2. The molecule has 0 amide bonds. The Morgan fingerprint density at radius 2 is 1.78 bits per heavy atom. The van der Waals surface area contributed by atoms with Crippen molar-refractivity contribution in [3.63, 3.8) is 0 Å². The number of Topliss-reactive ketones (excluding diaryl/α,β-unsaturated/α-hetero) is 1. The molecule has 27 heavy (non-hydrogen) atoms. The van der Waals surface area contributed by atoms with Crippen LogP contribution in [0.5, 0.6) is 0 Å². The maximum atomic E-state index is 12.7. The molecule has 1 aliphatic heterocycles. The van der Waals surface area contributed by atoms with Crippen molar-refractivity contribution in [1.29, 1.82) is 0 Å². The average Bonchev–Trinajstić information content (AvgIpc) is 3.18. The molecule has 0 aromatic carbocycles. The summed E-state index contributed by atoms with van der Waals surface area (Å²) in [6.45, 7) is 2.57. The second-order valence-electron chi connectivity index (χ2n) is 5.73. The molecule has 1 aromatic rings. The van der Waals surface area contributed by atoms with Crippen molar-refractivity contribution < 1.29 is 33.4 Å². The minimum Gasteiger partial charge on any atom is -0.468 e. The molecular weight excluding hydrogens is 374 g/mol. The molecule has 0 saturated heterocycles. The van der Waals surface area contributed by atoms with E-state index in [1.165, 1.54) is 25.4 Å². The zero-order valence-corrected chi connectivity index (χ0v) is 16.1. The van der Waals surface area contributed by atoms with E-state index in [0.29, 0.717) is 10.6 Å². The van der Waals surface area contributed by atoms with Crippen LogP contribution in [0.2, 0.25) is 0 Å². The Balaban J connectivity index is 2.32. The summed E-state index contributed by atoms with van der Waals surface area (Å²) in [5.41, 5.74) is 0.455. The number of carbonyl (C=O) groups is 4. The van der Waals surface area contributed by atoms with Crippen LogP contribution in [0.4, 0.5) is 0 Å². The molecule has 0 N–H and O–H groups in total. The minimum absolute atomic E-state index is 0.0907. The van der Waals surface area contributed by atoms with Gasteiger partial charge in [0.05, 0.1) is 24.7 Å². The molecule has 0 saturated carbocycles. The van der Waals surface area contributed by atoms with Crippen molar-refractivity contribution in [3.8, 4) is 0 Å². The number of aliphatic imine (C=N–C) groups is 1. The van der Waals surface area contributed by atoms with E-state index in [9.17, 15) is 19.2 Å². The molecule has 144 valence electrons. The van der Waals surface area contributed by atoms with Crippen LogP contribution in [0.15, 0.2) is 33.8 Å². The summed E-state index contributed by atoms with van der Waals surface area (Å²) < 4.78 is 14.6. The number of hydrogen-bond acceptors (Lipinski definition) is 9. The second kappa shape index (κ2) is 8.72. The summed E-state index contributed by atoms with van der Waals surface area (Å²) in [6, 6.07) is 3.31. The molecule has 2 rings (SSSR count). The average molecular weight is 393 g/mol. The van der Waals surface area contributed by atoms with Gasteiger partial charge in [0.15, 0.2) is 6.61 Å². The van der Waals surface area contributed by atoms with Crippen LogP contribution in [0.3, 0.4) is 0 Å². The summed E-state index contributed by atoms with van der Waals surface area (Å²) >= 11 is 1.22. The zero-order valence-electron chi connectivity index (χ0n) is 15.3. The first kappa shape index (κ1) is 20.5. The third kappa shape index (κ3) is 4.30. The van der Waals surface area contributed by atoms with Crippen molar-refractivity contribution in [3.05, 3.63) is 33.7 Å². The van der Waals surface area contributed by atoms with E-state index in [0.717, 1.165) is 7.11 Å². The molecular formula is C18H19NO7S. The van der Waals surface area contributed by atoms with Crippen molar-refractivity contribution in [2.75, 3.05) is 20.8 Å². The van der Waals surface area contributed by atoms with Gasteiger partial charge >= 0.3 is 17.9 Å². The van der Waals surface area contributed by atoms with Gasteiger partial charge in [-0.15, -0.1) is 11.3 Å². The van der Waals surface area contributed by atoms with Gasteiger partial charge in [0.1, 0.15) is 11.8 Å². The van der Waals surface area contributed by atoms with E-state index in [2.05, 4.69) is 4.99 Å². The number of nitrogens with zero attached hydrogens (tertiary/aromatic N) is 1. The van der Waals surface area contributed by atoms with E-state index in [1.54, 1.807) is 24.4 Å². The van der Waals surface area contributed by atoms with Crippen LogP contribution in [-0.2, 0) is 28.6 Å². The molecule has 0 aliphatic carbocycles. The number of thiophene rings is 1. The molecule has 0 bridgehead atoms. The van der Waals surface area contributed by atoms with Crippen molar-refractivity contribution in [2.24, 2.45) is 16.8 Å². The number of hydrogen-bond donors (Lipinski definition) is 0. The third-order valence-corrected chi connectivity index (χ3v) is 5.00. The van der Waals surface area contributed by atoms with Gasteiger partial charge in [0.25, 0.3) is 0 Å². The lowest BCUT2D eigenvalue weighted by Crippen LogP contribution is -2.42. The van der Waals surface area contributed by atoms with E-state index in [1.807, 2.05) is 0 Å². The fraction of sp³-hybridized carbons (Fsp3) is 0.389. The lowest BCUT2D eigenvalue weighted by molar-refractivity contribution is -0.156. The third-order valence-electron chi connectivity index (χ3n) is 4.08. The predicted molar refractivity (Wildman–Crippen MR) is 96.4 cm³/mol. The second-order valence-corrected chi connectivity index (χ2v) is 6.68. The summed E-state index contributed by atoms with van der Waals surface area (Å²) in [5, 5.41) is 1.73. The normalized spacial score (nSPS) is 19.2. The van der Waals surface area contributed by atoms with Gasteiger partial charge in [-0.1, -0.05) is 6.07 Å². The van der Waals surface area contributed by atoms with Crippen LogP contribution < -0.4 is 0 Å². The maximum Gasteiger partial charge on any atom is 0.336 e. The molecule has 0 radical (unpaired) electrons. The number of allylic oxidation sites excluding steroid dienone is 1. The first-order chi connectivity index (χ1) is 12.8. The minimum atomic E-state index is -1.31. The highest BCUT2D eigenvalue weighted by atomic mass is 32.1. The Kier molecular flexibility index (Phi) is 6.62. The highest BCUT2D eigenvalue weighted by Gasteiger charge is 2.46. The molecule has 9 heteroatoms. The van der Waals surface area contributed by atoms with Crippen LogP contribution in [0, 0.1) is 11.8 Å². The highest BCUT2D eigenvalue weighted by molar-refractivity contribution is 7.12. The number of ether oxygens (including phenoxy) is 3. The van der Waals surface area contributed by atoms with Crippen molar-refractivity contribution >= 4 is 40.7 Å². The number of esters is 3. The number of ketones is 1. The van der Waals surface area contributed by atoms with Crippen LogP contribution in [0.25, 0.3) is 0 Å². The lowest BCUT2D eigenvalue weighted by Gasteiger charge is -2.28. The molecule has 1 aromatic heterocycles. The first-order valence-corrected chi connectivity index (χ1v) is 8.85. The fourth-order valence-electron chi connectivity index (χ4n) is 2.83. The monoisotopic (exact) mass is 393 g/mol. The largest absolute Gasteiger partial charge is 0.468 e. The molecule has 0 fully saturated rings. The Bertz CT molecular complexity index is 823. The topological polar surface area (TPSA) is 108 Å². The van der Waals surface area contributed by atoms with Gasteiger partial charge < -0.3 is 14.2 Å². The fourth-order valence-corrected chi connectivity index (χ4v) is 3.49. The molecule has 8 nitrogen and oxygen atoms in total. The molecule has 1 unspecified atom stereocenters. The van der Waals surface area contributed by atoms with E-state index >= 15 is 0 Å². The Morgan fingerprint density at radius 3 is 2.33 bits per heavy atom. The predicted octanol–water partition coefficient (Wildman–Crippen LogP) is 1.80. The van der Waals surface area contributed by atoms with Gasteiger partial charge in [0, 0.05) is 11.4 Å². The summed E-state index contributed by atoms with van der Waals surface area (Å²) in [5.74, 6) is -5.27. The van der Waals surface area contributed by atoms with Gasteiger partial charge in [-0.25, -0.2) is 4.79 Å². The van der Waals surface area contributed by atoms with E-state index < -0.39 is 36.4 Å². The zero-order chi connectivity index (χ0) is 20.1. The van der Waals surface area contributed by atoms with Crippen LogP contribution in [0.1, 0.15) is 23.5 Å². The molecule has 0 spiro atoms. The Morgan fingerprint density at radius 1 is 1.07 bits per heavy atom. The smallest absolute Gasteiger partial charge is 0.336 e. The molecule has 2 heterocycles. The first-order valence-electron chi connectivity index (χ1n) is 7.97. The van der Waals surface area contributed by atoms with E-state index in [-0.39, 0.29) is 17.1 Å². The summed E-state index contributed by atoms with van der Waals surface area (Å²) in [6.07, 6.45) is 0. The lowest BCUT2D eigenvalue weighted by atomic mass is 9.80. The highest BCUT2D eigenvalue weighted by Crippen LogP contribution is 2.33. The summed E-state index contributed by atoms with van der Waals surface area (Å²) in [7, 11) is 2.32. The Hall–Kier alpha value is -2.81.